The summed E-state index contributed by atoms with van der Waals surface area (Å²) in [6, 6.07) is 10.1. The normalized spacial score (nSPS) is 10.6. The maximum atomic E-state index is 5.23. The van der Waals surface area contributed by atoms with E-state index in [9.17, 15) is 0 Å². The molecule has 4 nitrogen and oxygen atoms in total. The maximum Gasteiger partial charge on any atom is 0.246 e. The second kappa shape index (κ2) is 5.24. The number of hydrogen-bond donors (Lipinski definition) is 1. The van der Waals surface area contributed by atoms with Crippen LogP contribution in [-0.2, 0) is 6.54 Å². The molecule has 0 saturated carbocycles. The number of nitrogens with one attached hydrogen (secondary N) is 1. The fourth-order valence-corrected chi connectivity index (χ4v) is 2.41. The van der Waals surface area contributed by atoms with Crippen LogP contribution in [0.3, 0.4) is 0 Å². The number of nitrogens with zero attached hydrogens (tertiary/aromatic N) is 2. The molecule has 0 radical (unpaired) electrons. The maximum absolute atomic E-state index is 5.23. The molecule has 0 saturated heterocycles. The molecular formula is C14H13N3OS. The van der Waals surface area contributed by atoms with Crippen LogP contribution in [0, 0.1) is 6.92 Å². The van der Waals surface area contributed by atoms with E-state index in [4.69, 9.17) is 4.52 Å². The van der Waals surface area contributed by atoms with Gasteiger partial charge < -0.3 is 9.84 Å². The summed E-state index contributed by atoms with van der Waals surface area (Å²) < 4.78 is 5.23. The van der Waals surface area contributed by atoms with Gasteiger partial charge in [-0.1, -0.05) is 23.4 Å². The van der Waals surface area contributed by atoms with E-state index in [1.807, 2.05) is 35.0 Å². The zero-order valence-corrected chi connectivity index (χ0v) is 11.3. The Morgan fingerprint density at radius 3 is 2.95 bits per heavy atom. The predicted octanol–water partition coefficient (Wildman–Crippen LogP) is 3.72. The fourth-order valence-electron chi connectivity index (χ4n) is 1.78. The minimum atomic E-state index is 0.530. The van der Waals surface area contributed by atoms with E-state index in [2.05, 4.69) is 28.4 Å². The zero-order valence-electron chi connectivity index (χ0n) is 10.5. The summed E-state index contributed by atoms with van der Waals surface area (Å²) in [5, 5.41) is 11.3. The molecule has 19 heavy (non-hydrogen) atoms. The summed E-state index contributed by atoms with van der Waals surface area (Å²) in [6.07, 6.45) is 0. The molecule has 0 atom stereocenters. The van der Waals surface area contributed by atoms with Crippen molar-refractivity contribution < 1.29 is 4.52 Å². The van der Waals surface area contributed by atoms with Crippen molar-refractivity contribution in [1.82, 2.24) is 10.1 Å². The van der Waals surface area contributed by atoms with E-state index >= 15 is 0 Å². The van der Waals surface area contributed by atoms with E-state index in [-0.39, 0.29) is 0 Å². The number of anilines is 1. The smallest absolute Gasteiger partial charge is 0.246 e. The Morgan fingerprint density at radius 2 is 2.16 bits per heavy atom. The summed E-state index contributed by atoms with van der Waals surface area (Å²) in [5.41, 5.74) is 3.27. The third-order valence-electron chi connectivity index (χ3n) is 2.82. The number of aryl methyl sites for hydroxylation is 1. The van der Waals surface area contributed by atoms with Gasteiger partial charge >= 0.3 is 0 Å². The predicted molar refractivity (Wildman–Crippen MR) is 76.1 cm³/mol. The number of rotatable bonds is 4. The monoisotopic (exact) mass is 271 g/mol. The van der Waals surface area contributed by atoms with Crippen molar-refractivity contribution in [2.24, 2.45) is 0 Å². The third-order valence-corrected chi connectivity index (χ3v) is 3.51. The van der Waals surface area contributed by atoms with Crippen molar-refractivity contribution in [2.45, 2.75) is 13.5 Å². The van der Waals surface area contributed by atoms with Gasteiger partial charge in [0.25, 0.3) is 0 Å². The molecule has 0 aliphatic rings. The molecule has 2 aromatic heterocycles. The molecule has 0 fully saturated rings. The average molecular weight is 271 g/mol. The van der Waals surface area contributed by atoms with Crippen molar-refractivity contribution >= 4 is 17.0 Å². The van der Waals surface area contributed by atoms with Crippen molar-refractivity contribution in [1.29, 1.82) is 0 Å². The van der Waals surface area contributed by atoms with Gasteiger partial charge in [-0.2, -0.15) is 16.3 Å². The Morgan fingerprint density at radius 1 is 1.26 bits per heavy atom. The average Bonchev–Trinajstić information content (AvgIpc) is 3.09. The van der Waals surface area contributed by atoms with Gasteiger partial charge in [0, 0.05) is 16.6 Å². The van der Waals surface area contributed by atoms with Crippen LogP contribution in [0.15, 0.2) is 45.6 Å². The van der Waals surface area contributed by atoms with Crippen LogP contribution in [0.2, 0.25) is 0 Å². The molecule has 0 amide bonds. The van der Waals surface area contributed by atoms with Crippen LogP contribution in [0.25, 0.3) is 11.4 Å². The fraction of sp³-hybridized carbons (Fsp3) is 0.143. The van der Waals surface area contributed by atoms with Crippen LogP contribution < -0.4 is 5.32 Å². The second-order valence-corrected chi connectivity index (χ2v) is 4.97. The number of para-hydroxylation sites is 1. The Bertz CT molecular complexity index is 661. The summed E-state index contributed by atoms with van der Waals surface area (Å²) >= 11 is 1.62. The molecular weight excluding hydrogens is 258 g/mol. The molecule has 1 aromatic carbocycles. The van der Waals surface area contributed by atoms with Crippen LogP contribution in [0.5, 0.6) is 0 Å². The van der Waals surface area contributed by atoms with Gasteiger partial charge in [-0.25, -0.2) is 0 Å². The summed E-state index contributed by atoms with van der Waals surface area (Å²) in [6.45, 7) is 2.59. The topological polar surface area (TPSA) is 51.0 Å². The summed E-state index contributed by atoms with van der Waals surface area (Å²) in [5.74, 6) is 1.23. The molecule has 0 unspecified atom stereocenters. The minimum absolute atomic E-state index is 0.530. The lowest BCUT2D eigenvalue weighted by atomic mass is 10.2. The van der Waals surface area contributed by atoms with Gasteiger partial charge in [-0.05, 0) is 30.0 Å². The highest BCUT2D eigenvalue weighted by molar-refractivity contribution is 7.08. The first-order chi connectivity index (χ1) is 9.33. The SMILES string of the molecule is Cc1ccccc1NCc1nc(-c2ccsc2)no1. The standard InChI is InChI=1S/C14H13N3OS/c1-10-4-2-3-5-12(10)15-8-13-16-14(17-18-13)11-6-7-19-9-11/h2-7,9,15H,8H2,1H3. The molecule has 3 aromatic rings. The summed E-state index contributed by atoms with van der Waals surface area (Å²) in [7, 11) is 0. The molecule has 3 rings (SSSR count). The number of benzene rings is 1. The quantitative estimate of drug-likeness (QED) is 0.785. The lowest BCUT2D eigenvalue weighted by Crippen LogP contribution is -2.01. The van der Waals surface area contributed by atoms with Gasteiger partial charge in [0.05, 0.1) is 6.54 Å². The lowest BCUT2D eigenvalue weighted by Gasteiger charge is -2.05. The Balaban J connectivity index is 1.70. The van der Waals surface area contributed by atoms with Gasteiger partial charge in [-0.15, -0.1) is 0 Å². The van der Waals surface area contributed by atoms with Crippen molar-refractivity contribution in [3.63, 3.8) is 0 Å². The van der Waals surface area contributed by atoms with E-state index in [0.29, 0.717) is 18.3 Å². The number of aromatic nitrogens is 2. The van der Waals surface area contributed by atoms with Crippen molar-refractivity contribution in [3.05, 3.63) is 52.5 Å². The first kappa shape index (κ1) is 11.9. The molecule has 0 aliphatic heterocycles. The molecule has 0 spiro atoms. The molecule has 0 bridgehead atoms. The molecule has 5 heteroatoms. The van der Waals surface area contributed by atoms with E-state index < -0.39 is 0 Å². The second-order valence-electron chi connectivity index (χ2n) is 4.19. The van der Waals surface area contributed by atoms with E-state index in [0.717, 1.165) is 11.3 Å². The Kier molecular flexibility index (Phi) is 3.29. The first-order valence-electron chi connectivity index (χ1n) is 5.97. The third kappa shape index (κ3) is 2.66. The Labute approximate surface area is 115 Å². The van der Waals surface area contributed by atoms with Gasteiger partial charge in [0.15, 0.2) is 0 Å². The molecule has 2 heterocycles. The van der Waals surface area contributed by atoms with Crippen molar-refractivity contribution in [3.8, 4) is 11.4 Å². The van der Waals surface area contributed by atoms with Crippen LogP contribution in [0.4, 0.5) is 5.69 Å². The highest BCUT2D eigenvalue weighted by atomic mass is 32.1. The molecule has 96 valence electrons. The number of thiophene rings is 1. The highest BCUT2D eigenvalue weighted by Gasteiger charge is 2.08. The van der Waals surface area contributed by atoms with Gasteiger partial charge in [0.1, 0.15) is 0 Å². The summed E-state index contributed by atoms with van der Waals surface area (Å²) in [4.78, 5) is 4.36. The van der Waals surface area contributed by atoms with Crippen molar-refractivity contribution in [2.75, 3.05) is 5.32 Å². The van der Waals surface area contributed by atoms with Gasteiger partial charge in [0.2, 0.25) is 11.7 Å². The highest BCUT2D eigenvalue weighted by Crippen LogP contribution is 2.19. The number of hydrogen-bond acceptors (Lipinski definition) is 5. The minimum Gasteiger partial charge on any atom is -0.376 e. The van der Waals surface area contributed by atoms with E-state index in [1.165, 1.54) is 5.56 Å². The lowest BCUT2D eigenvalue weighted by molar-refractivity contribution is 0.384. The van der Waals surface area contributed by atoms with Crippen LogP contribution in [0.1, 0.15) is 11.5 Å². The molecule has 1 N–H and O–H groups in total. The van der Waals surface area contributed by atoms with Gasteiger partial charge in [-0.3, -0.25) is 0 Å². The van der Waals surface area contributed by atoms with Crippen LogP contribution >= 0.6 is 11.3 Å². The molecule has 0 aliphatic carbocycles. The van der Waals surface area contributed by atoms with Crippen LogP contribution in [-0.4, -0.2) is 10.1 Å². The zero-order chi connectivity index (χ0) is 13.1. The van der Waals surface area contributed by atoms with E-state index in [1.54, 1.807) is 11.3 Å². The largest absolute Gasteiger partial charge is 0.376 e. The Hall–Kier alpha value is -2.14. The first-order valence-corrected chi connectivity index (χ1v) is 6.92.